The van der Waals surface area contributed by atoms with Crippen LogP contribution >= 0.6 is 0 Å². The number of hydrogen-bond acceptors (Lipinski definition) is 6. The maximum Gasteiger partial charge on any atom is 0.264 e. The Morgan fingerprint density at radius 3 is 2.05 bits per heavy atom. The van der Waals surface area contributed by atoms with E-state index in [1.165, 1.54) is 24.3 Å². The summed E-state index contributed by atoms with van der Waals surface area (Å²) in [7, 11) is -7.22. The molecule has 10 heteroatoms. The maximum atomic E-state index is 12.0. The molecule has 0 bridgehead atoms. The van der Waals surface area contributed by atoms with E-state index in [9.17, 15) is 16.8 Å². The average molecular weight is 316 g/mol. The van der Waals surface area contributed by atoms with Crippen LogP contribution in [0.2, 0.25) is 0 Å². The molecule has 0 amide bonds. The molecular weight excluding hydrogens is 304 g/mol. The van der Waals surface area contributed by atoms with Crippen molar-refractivity contribution in [2.24, 2.45) is 0 Å². The molecule has 0 saturated carbocycles. The molecule has 2 N–H and O–H groups in total. The number of hydrogen-bond donors (Lipinski definition) is 2. The Balaban J connectivity index is 2.30. The van der Waals surface area contributed by atoms with Crippen molar-refractivity contribution in [3.63, 3.8) is 0 Å². The van der Waals surface area contributed by atoms with Gasteiger partial charge in [0.2, 0.25) is 0 Å². The van der Waals surface area contributed by atoms with Gasteiger partial charge in [0, 0.05) is 6.26 Å². The molecule has 0 fully saturated rings. The van der Waals surface area contributed by atoms with Crippen molar-refractivity contribution < 1.29 is 16.8 Å². The number of H-pyrrole nitrogens is 1. The zero-order chi connectivity index (χ0) is 15.0. The van der Waals surface area contributed by atoms with E-state index in [4.69, 9.17) is 0 Å². The van der Waals surface area contributed by atoms with Gasteiger partial charge in [0.25, 0.3) is 16.0 Å². The minimum Gasteiger partial charge on any atom is -0.261 e. The molecule has 20 heavy (non-hydrogen) atoms. The minimum absolute atomic E-state index is 0.0465. The lowest BCUT2D eigenvalue weighted by atomic mass is 10.4. The van der Waals surface area contributed by atoms with Crippen molar-refractivity contribution in [1.29, 1.82) is 0 Å². The van der Waals surface area contributed by atoms with Crippen LogP contribution in [0.4, 0.5) is 5.95 Å². The molecule has 2 rings (SSSR count). The average Bonchev–Trinajstić information content (AvgIpc) is 2.73. The summed E-state index contributed by atoms with van der Waals surface area (Å²) in [4.78, 5) is 3.80. The second kappa shape index (κ2) is 4.87. The molecule has 0 aliphatic carbocycles. The highest BCUT2D eigenvalue weighted by atomic mass is 32.2. The largest absolute Gasteiger partial charge is 0.264 e. The Labute approximate surface area is 116 Å². The van der Waals surface area contributed by atoms with E-state index in [2.05, 4.69) is 19.9 Å². The van der Waals surface area contributed by atoms with Crippen LogP contribution in [0.1, 0.15) is 5.82 Å². The van der Waals surface area contributed by atoms with Crippen LogP contribution in [0.15, 0.2) is 34.1 Å². The second-order valence-corrected chi connectivity index (χ2v) is 7.79. The van der Waals surface area contributed by atoms with Gasteiger partial charge in [-0.3, -0.25) is 5.10 Å². The number of aryl methyl sites for hydroxylation is 1. The first-order valence-corrected chi connectivity index (χ1v) is 8.78. The maximum absolute atomic E-state index is 12.0. The SMILES string of the molecule is Cc1nc(NS(=O)(=O)c2ccc(S(C)(=O)=O)cc2)n[nH]1. The number of aromatic amines is 1. The van der Waals surface area contributed by atoms with E-state index >= 15 is 0 Å². The fourth-order valence-electron chi connectivity index (χ4n) is 1.43. The first-order chi connectivity index (χ1) is 9.18. The van der Waals surface area contributed by atoms with Crippen LogP contribution in [0.5, 0.6) is 0 Å². The standard InChI is InChI=1S/C10H12N4O4S2/c1-7-11-10(13-12-7)14-20(17,18)9-5-3-8(4-6-9)19(2,15)16/h3-6H,1-2H3,(H2,11,12,13,14). The second-order valence-electron chi connectivity index (χ2n) is 4.09. The number of aromatic nitrogens is 3. The van der Waals surface area contributed by atoms with E-state index in [1.807, 2.05) is 0 Å². The first-order valence-electron chi connectivity index (χ1n) is 5.40. The van der Waals surface area contributed by atoms with E-state index in [0.29, 0.717) is 5.82 Å². The Morgan fingerprint density at radius 1 is 1.05 bits per heavy atom. The molecule has 0 aliphatic heterocycles. The first kappa shape index (κ1) is 14.5. The number of benzene rings is 1. The lowest BCUT2D eigenvalue weighted by Gasteiger charge is -2.05. The molecule has 1 aromatic heterocycles. The Bertz CT molecular complexity index is 822. The molecule has 0 atom stereocenters. The molecule has 8 nitrogen and oxygen atoms in total. The van der Waals surface area contributed by atoms with Crippen molar-refractivity contribution in [2.75, 3.05) is 11.0 Å². The summed E-state index contributed by atoms with van der Waals surface area (Å²) < 4.78 is 48.8. The van der Waals surface area contributed by atoms with E-state index < -0.39 is 19.9 Å². The Kier molecular flexibility index (Phi) is 3.52. The monoisotopic (exact) mass is 316 g/mol. The van der Waals surface area contributed by atoms with Gasteiger partial charge in [-0.15, -0.1) is 5.10 Å². The molecule has 0 radical (unpaired) electrons. The molecule has 0 aliphatic rings. The lowest BCUT2D eigenvalue weighted by molar-refractivity contribution is 0.597. The van der Waals surface area contributed by atoms with Crippen LogP contribution in [0.25, 0.3) is 0 Å². The number of nitrogens with zero attached hydrogens (tertiary/aromatic N) is 2. The fraction of sp³-hybridized carbons (Fsp3) is 0.200. The van der Waals surface area contributed by atoms with Crippen LogP contribution in [0, 0.1) is 6.92 Å². The molecule has 1 aromatic carbocycles. The van der Waals surface area contributed by atoms with Gasteiger partial charge in [-0.1, -0.05) is 0 Å². The summed E-state index contributed by atoms with van der Waals surface area (Å²) in [6.07, 6.45) is 1.05. The number of nitrogens with one attached hydrogen (secondary N) is 2. The van der Waals surface area contributed by atoms with Gasteiger partial charge >= 0.3 is 0 Å². The van der Waals surface area contributed by atoms with Crippen molar-refractivity contribution >= 4 is 25.8 Å². The number of rotatable bonds is 4. The predicted molar refractivity (Wildman–Crippen MR) is 71.5 cm³/mol. The normalized spacial score (nSPS) is 12.3. The van der Waals surface area contributed by atoms with Crippen LogP contribution < -0.4 is 4.72 Å². The predicted octanol–water partition coefficient (Wildman–Crippen LogP) is 0.317. The topological polar surface area (TPSA) is 122 Å². The van der Waals surface area contributed by atoms with E-state index in [0.717, 1.165) is 6.26 Å². The highest BCUT2D eigenvalue weighted by Gasteiger charge is 2.17. The zero-order valence-electron chi connectivity index (χ0n) is 10.7. The highest BCUT2D eigenvalue weighted by molar-refractivity contribution is 7.92. The molecule has 0 saturated heterocycles. The number of sulfone groups is 1. The van der Waals surface area contributed by atoms with E-state index in [-0.39, 0.29) is 15.7 Å². The van der Waals surface area contributed by atoms with Gasteiger partial charge in [-0.25, -0.2) is 21.6 Å². The zero-order valence-corrected chi connectivity index (χ0v) is 12.3. The van der Waals surface area contributed by atoms with Gasteiger partial charge in [-0.05, 0) is 31.2 Å². The lowest BCUT2D eigenvalue weighted by Crippen LogP contribution is -2.14. The van der Waals surface area contributed by atoms with Gasteiger partial charge in [0.1, 0.15) is 5.82 Å². The van der Waals surface area contributed by atoms with Gasteiger partial charge in [0.05, 0.1) is 9.79 Å². The van der Waals surface area contributed by atoms with Crippen molar-refractivity contribution in [3.8, 4) is 0 Å². The van der Waals surface area contributed by atoms with Crippen molar-refractivity contribution in [1.82, 2.24) is 15.2 Å². The van der Waals surface area contributed by atoms with Gasteiger partial charge in [0.15, 0.2) is 9.84 Å². The Hall–Kier alpha value is -1.94. The van der Waals surface area contributed by atoms with Crippen molar-refractivity contribution in [3.05, 3.63) is 30.1 Å². The molecular formula is C10H12N4O4S2. The van der Waals surface area contributed by atoms with Gasteiger partial charge in [-0.2, -0.15) is 4.98 Å². The van der Waals surface area contributed by atoms with E-state index in [1.54, 1.807) is 6.92 Å². The molecule has 108 valence electrons. The summed E-state index contributed by atoms with van der Waals surface area (Å²) in [6.45, 7) is 1.63. The van der Waals surface area contributed by atoms with Gasteiger partial charge < -0.3 is 0 Å². The summed E-state index contributed by atoms with van der Waals surface area (Å²) in [5.41, 5.74) is 0. The summed E-state index contributed by atoms with van der Waals surface area (Å²) in [5.74, 6) is 0.393. The molecule has 0 spiro atoms. The van der Waals surface area contributed by atoms with Crippen LogP contribution in [-0.4, -0.2) is 38.3 Å². The number of anilines is 1. The van der Waals surface area contributed by atoms with Crippen molar-refractivity contribution in [2.45, 2.75) is 16.7 Å². The molecule has 2 aromatic rings. The quantitative estimate of drug-likeness (QED) is 0.837. The van der Waals surface area contributed by atoms with Crippen LogP contribution in [-0.2, 0) is 19.9 Å². The molecule has 0 unspecified atom stereocenters. The third-order valence-electron chi connectivity index (χ3n) is 2.39. The molecule has 1 heterocycles. The minimum atomic E-state index is -3.85. The van der Waals surface area contributed by atoms with Crippen LogP contribution in [0.3, 0.4) is 0 Å². The fourth-order valence-corrected chi connectivity index (χ4v) is 3.01. The highest BCUT2D eigenvalue weighted by Crippen LogP contribution is 2.16. The third kappa shape index (κ3) is 3.14. The summed E-state index contributed by atoms with van der Waals surface area (Å²) in [5, 5.41) is 6.17. The smallest absolute Gasteiger partial charge is 0.261 e. The summed E-state index contributed by atoms with van der Waals surface area (Å²) in [6, 6.07) is 4.87. The third-order valence-corrected chi connectivity index (χ3v) is 4.86. The summed E-state index contributed by atoms with van der Waals surface area (Å²) >= 11 is 0. The Morgan fingerprint density at radius 2 is 1.60 bits per heavy atom. The number of sulfonamides is 1.